The molecule has 0 spiro atoms. The maximum absolute atomic E-state index is 11.1. The molecule has 0 aromatic carbocycles. The zero-order valence-corrected chi connectivity index (χ0v) is 9.11. The van der Waals surface area contributed by atoms with Crippen LogP contribution in [0.4, 0.5) is 5.95 Å². The van der Waals surface area contributed by atoms with Gasteiger partial charge in [-0.3, -0.25) is 9.12 Å². The molecule has 0 fully saturated rings. The Morgan fingerprint density at radius 2 is 2.07 bits per heavy atom. The molecule has 15 heavy (non-hydrogen) atoms. The second-order valence-electron chi connectivity index (χ2n) is 3.26. The predicted octanol–water partition coefficient (Wildman–Crippen LogP) is 0.409. The number of hydrogen-bond donors (Lipinski definition) is 1. The molecular formula is C8H10N4O2S. The number of pyridine rings is 1. The number of fused-ring (bicyclic) bond motifs is 1. The van der Waals surface area contributed by atoms with Gasteiger partial charge < -0.3 is 0 Å². The Morgan fingerprint density at radius 1 is 1.33 bits per heavy atom. The van der Waals surface area contributed by atoms with Crippen LogP contribution < -0.4 is 4.72 Å². The lowest BCUT2D eigenvalue weighted by atomic mass is 10.4. The van der Waals surface area contributed by atoms with E-state index in [1.807, 2.05) is 19.1 Å². The molecule has 0 aliphatic heterocycles. The van der Waals surface area contributed by atoms with Crippen LogP contribution in [0.3, 0.4) is 0 Å². The van der Waals surface area contributed by atoms with Crippen molar-refractivity contribution < 1.29 is 8.42 Å². The van der Waals surface area contributed by atoms with E-state index < -0.39 is 10.0 Å². The molecule has 0 saturated heterocycles. The van der Waals surface area contributed by atoms with Crippen molar-refractivity contribution in [1.82, 2.24) is 14.6 Å². The maximum atomic E-state index is 11.1. The molecular weight excluding hydrogens is 216 g/mol. The van der Waals surface area contributed by atoms with Crippen LogP contribution in [0.15, 0.2) is 18.2 Å². The van der Waals surface area contributed by atoms with Gasteiger partial charge in [-0.1, -0.05) is 6.07 Å². The minimum atomic E-state index is -3.33. The van der Waals surface area contributed by atoms with Crippen LogP contribution in [0, 0.1) is 6.92 Å². The fourth-order valence-electron chi connectivity index (χ4n) is 1.33. The van der Waals surface area contributed by atoms with Crippen LogP contribution in [0.5, 0.6) is 0 Å². The average Bonchev–Trinajstić information content (AvgIpc) is 2.47. The molecule has 80 valence electrons. The number of nitrogens with zero attached hydrogens (tertiary/aromatic N) is 3. The van der Waals surface area contributed by atoms with E-state index in [0.29, 0.717) is 5.65 Å². The largest absolute Gasteiger partial charge is 0.265 e. The molecule has 6 nitrogen and oxygen atoms in total. The highest BCUT2D eigenvalue weighted by Crippen LogP contribution is 2.12. The Hall–Kier alpha value is -1.63. The van der Waals surface area contributed by atoms with Crippen molar-refractivity contribution in [1.29, 1.82) is 0 Å². The average molecular weight is 226 g/mol. The van der Waals surface area contributed by atoms with E-state index in [1.165, 1.54) is 0 Å². The third-order valence-corrected chi connectivity index (χ3v) is 2.45. The Balaban J connectivity index is 2.63. The van der Waals surface area contributed by atoms with Crippen molar-refractivity contribution in [2.45, 2.75) is 6.92 Å². The van der Waals surface area contributed by atoms with Gasteiger partial charge in [0.2, 0.25) is 16.0 Å². The van der Waals surface area contributed by atoms with E-state index in [9.17, 15) is 8.42 Å². The number of sulfonamides is 1. The Bertz CT molecular complexity index is 602. The highest BCUT2D eigenvalue weighted by molar-refractivity contribution is 7.91. The molecule has 0 aliphatic carbocycles. The van der Waals surface area contributed by atoms with Gasteiger partial charge in [0.05, 0.1) is 6.26 Å². The zero-order chi connectivity index (χ0) is 11.1. The van der Waals surface area contributed by atoms with Gasteiger partial charge in [0, 0.05) is 5.69 Å². The van der Waals surface area contributed by atoms with E-state index in [2.05, 4.69) is 14.9 Å². The van der Waals surface area contributed by atoms with Gasteiger partial charge in [-0.25, -0.2) is 8.42 Å². The Morgan fingerprint density at radius 3 is 2.73 bits per heavy atom. The SMILES string of the molecule is Cc1cccc2nnc(NS(C)(=O)=O)n12. The van der Waals surface area contributed by atoms with Crippen molar-refractivity contribution >= 4 is 21.6 Å². The van der Waals surface area contributed by atoms with E-state index >= 15 is 0 Å². The van der Waals surface area contributed by atoms with Crippen LogP contribution in [0.25, 0.3) is 5.65 Å². The van der Waals surface area contributed by atoms with Crippen LogP contribution in [-0.4, -0.2) is 29.3 Å². The second kappa shape index (κ2) is 3.20. The van der Waals surface area contributed by atoms with E-state index in [0.717, 1.165) is 11.9 Å². The molecule has 0 amide bonds. The Labute approximate surface area is 87.0 Å². The molecule has 0 atom stereocenters. The van der Waals surface area contributed by atoms with Crippen LogP contribution in [0.1, 0.15) is 5.69 Å². The number of nitrogens with one attached hydrogen (secondary N) is 1. The predicted molar refractivity (Wildman–Crippen MR) is 56.2 cm³/mol. The molecule has 0 unspecified atom stereocenters. The number of hydrogen-bond acceptors (Lipinski definition) is 4. The van der Waals surface area contributed by atoms with E-state index in [1.54, 1.807) is 10.5 Å². The van der Waals surface area contributed by atoms with Crippen LogP contribution in [0.2, 0.25) is 0 Å². The standard InChI is InChI=1S/C8H10N4O2S/c1-6-4-3-5-7-9-10-8(12(6)7)11-15(2,13)14/h3-5H,1-2H3,(H,10,11). The molecule has 2 heterocycles. The zero-order valence-electron chi connectivity index (χ0n) is 8.30. The normalized spacial score (nSPS) is 11.9. The summed E-state index contributed by atoms with van der Waals surface area (Å²) in [7, 11) is -3.33. The first-order valence-corrected chi connectivity index (χ1v) is 6.15. The maximum Gasteiger partial charge on any atom is 0.242 e. The molecule has 0 aliphatic rings. The third kappa shape index (κ3) is 1.91. The quantitative estimate of drug-likeness (QED) is 0.804. The summed E-state index contributed by atoms with van der Waals surface area (Å²) in [5.41, 5.74) is 1.48. The van der Waals surface area contributed by atoms with Crippen LogP contribution >= 0.6 is 0 Å². The van der Waals surface area contributed by atoms with Gasteiger partial charge in [-0.2, -0.15) is 0 Å². The molecule has 0 saturated carbocycles. The smallest absolute Gasteiger partial charge is 0.242 e. The van der Waals surface area contributed by atoms with Crippen molar-refractivity contribution in [2.24, 2.45) is 0 Å². The summed E-state index contributed by atoms with van der Waals surface area (Å²) in [6, 6.07) is 5.45. The summed E-state index contributed by atoms with van der Waals surface area (Å²) in [6.45, 7) is 1.85. The van der Waals surface area contributed by atoms with Gasteiger partial charge in [0.1, 0.15) is 0 Å². The molecule has 2 aromatic rings. The molecule has 0 bridgehead atoms. The molecule has 0 radical (unpaired) electrons. The monoisotopic (exact) mass is 226 g/mol. The minimum absolute atomic E-state index is 0.214. The highest BCUT2D eigenvalue weighted by Gasteiger charge is 2.10. The first-order chi connectivity index (χ1) is 6.97. The lowest BCUT2D eigenvalue weighted by molar-refractivity contribution is 0.606. The number of anilines is 1. The van der Waals surface area contributed by atoms with Crippen molar-refractivity contribution in [3.05, 3.63) is 23.9 Å². The summed E-state index contributed by atoms with van der Waals surface area (Å²) in [4.78, 5) is 0. The van der Waals surface area contributed by atoms with Gasteiger partial charge in [-0.05, 0) is 19.1 Å². The van der Waals surface area contributed by atoms with Crippen molar-refractivity contribution in [3.8, 4) is 0 Å². The fraction of sp³-hybridized carbons (Fsp3) is 0.250. The lowest BCUT2D eigenvalue weighted by Crippen LogP contribution is -2.12. The Kier molecular flexibility index (Phi) is 2.11. The first kappa shape index (κ1) is 9.91. The van der Waals surface area contributed by atoms with Crippen molar-refractivity contribution in [2.75, 3.05) is 11.0 Å². The lowest BCUT2D eigenvalue weighted by Gasteiger charge is -2.03. The molecule has 7 heteroatoms. The molecule has 1 N–H and O–H groups in total. The number of aromatic nitrogens is 3. The van der Waals surface area contributed by atoms with E-state index in [-0.39, 0.29) is 5.95 Å². The van der Waals surface area contributed by atoms with Gasteiger partial charge in [0.15, 0.2) is 5.65 Å². The summed E-state index contributed by atoms with van der Waals surface area (Å²) >= 11 is 0. The second-order valence-corrected chi connectivity index (χ2v) is 5.01. The number of rotatable bonds is 2. The fourth-order valence-corrected chi connectivity index (χ4v) is 1.80. The van der Waals surface area contributed by atoms with Crippen LogP contribution in [-0.2, 0) is 10.0 Å². The summed E-state index contributed by atoms with van der Waals surface area (Å²) in [5, 5.41) is 7.61. The highest BCUT2D eigenvalue weighted by atomic mass is 32.2. The topological polar surface area (TPSA) is 76.4 Å². The summed E-state index contributed by atoms with van der Waals surface area (Å²) in [6.07, 6.45) is 1.08. The number of aryl methyl sites for hydroxylation is 1. The van der Waals surface area contributed by atoms with Crippen molar-refractivity contribution in [3.63, 3.8) is 0 Å². The third-order valence-electron chi connectivity index (χ3n) is 1.90. The van der Waals surface area contributed by atoms with Gasteiger partial charge in [0.25, 0.3) is 0 Å². The molecule has 2 rings (SSSR count). The summed E-state index contributed by atoms with van der Waals surface area (Å²) in [5.74, 6) is 0.214. The first-order valence-electron chi connectivity index (χ1n) is 4.26. The van der Waals surface area contributed by atoms with E-state index in [4.69, 9.17) is 0 Å². The van der Waals surface area contributed by atoms with Gasteiger partial charge in [-0.15, -0.1) is 10.2 Å². The molecule has 2 aromatic heterocycles. The summed E-state index contributed by atoms with van der Waals surface area (Å²) < 4.78 is 26.1. The van der Waals surface area contributed by atoms with Gasteiger partial charge >= 0.3 is 0 Å². The minimum Gasteiger partial charge on any atom is -0.265 e.